The Hall–Kier alpha value is -0.790. The van der Waals surface area contributed by atoms with Crippen molar-refractivity contribution in [1.29, 1.82) is 0 Å². The highest BCUT2D eigenvalue weighted by Gasteiger charge is 2.59. The Kier molecular flexibility index (Phi) is 6.44. The average molecular weight is 415 g/mol. The lowest BCUT2D eigenvalue weighted by molar-refractivity contribution is -0.136. The predicted molar refractivity (Wildman–Crippen MR) is 124 cm³/mol. The van der Waals surface area contributed by atoms with Crippen LogP contribution in [0.5, 0.6) is 0 Å². The van der Waals surface area contributed by atoms with E-state index in [4.69, 9.17) is 4.74 Å². The van der Waals surface area contributed by atoms with E-state index < -0.39 is 0 Å². The smallest absolute Gasteiger partial charge is 0.293 e. The second-order valence-corrected chi connectivity index (χ2v) is 12.4. The van der Waals surface area contributed by atoms with Gasteiger partial charge in [-0.3, -0.25) is 4.79 Å². The molecule has 0 aromatic heterocycles. The molecule has 2 heteroatoms. The molecule has 0 aromatic rings. The Morgan fingerprint density at radius 1 is 1.07 bits per heavy atom. The molecule has 0 radical (unpaired) electrons. The van der Waals surface area contributed by atoms with E-state index in [9.17, 15) is 4.79 Å². The standard InChI is InChI=1S/C28H46O2/c1-19(2)7-6-8-20(3)24-11-12-25-23-10-9-21-17-22(30-18-29)13-15-27(21,4)26(23)14-16-28(24,25)5/h9,18-20,22-26H,6-8,10-17H2,1-5H3/t20-,22?,23?,24?,25?,26?,27+,28-/m0/s1. The van der Waals surface area contributed by atoms with Gasteiger partial charge in [-0.25, -0.2) is 0 Å². The second-order valence-electron chi connectivity index (χ2n) is 12.4. The van der Waals surface area contributed by atoms with Gasteiger partial charge in [-0.05, 0) is 91.3 Å². The Morgan fingerprint density at radius 3 is 2.60 bits per heavy atom. The molecule has 0 aliphatic heterocycles. The van der Waals surface area contributed by atoms with Gasteiger partial charge in [0.25, 0.3) is 6.47 Å². The van der Waals surface area contributed by atoms with E-state index in [2.05, 4.69) is 40.7 Å². The molecule has 170 valence electrons. The molecule has 0 saturated heterocycles. The number of carbonyl (C=O) groups excluding carboxylic acids is 1. The number of ether oxygens (including phenoxy) is 1. The van der Waals surface area contributed by atoms with Gasteiger partial charge >= 0.3 is 0 Å². The second kappa shape index (κ2) is 8.62. The van der Waals surface area contributed by atoms with Gasteiger partial charge in [-0.15, -0.1) is 0 Å². The minimum atomic E-state index is 0.120. The van der Waals surface area contributed by atoms with E-state index in [1.165, 1.54) is 57.8 Å². The first-order chi connectivity index (χ1) is 14.3. The molecular weight excluding hydrogens is 368 g/mol. The van der Waals surface area contributed by atoms with Crippen LogP contribution in [0, 0.1) is 46.3 Å². The first kappa shape index (κ1) is 22.4. The highest BCUT2D eigenvalue weighted by atomic mass is 16.5. The third-order valence-electron chi connectivity index (χ3n) is 10.5. The zero-order chi connectivity index (χ0) is 21.5. The molecule has 0 amide bonds. The number of allylic oxidation sites excluding steroid dienone is 1. The monoisotopic (exact) mass is 414 g/mol. The summed E-state index contributed by atoms with van der Waals surface area (Å²) in [6, 6.07) is 0. The minimum absolute atomic E-state index is 0.120. The molecule has 0 spiro atoms. The normalized spacial score (nSPS) is 43.9. The highest BCUT2D eigenvalue weighted by molar-refractivity contribution is 5.38. The third kappa shape index (κ3) is 3.79. The Morgan fingerprint density at radius 2 is 1.87 bits per heavy atom. The summed E-state index contributed by atoms with van der Waals surface area (Å²) in [4.78, 5) is 10.8. The maximum Gasteiger partial charge on any atom is 0.293 e. The number of fused-ring (bicyclic) bond motifs is 5. The van der Waals surface area contributed by atoms with Crippen LogP contribution in [-0.4, -0.2) is 12.6 Å². The van der Waals surface area contributed by atoms with Crippen LogP contribution >= 0.6 is 0 Å². The molecule has 3 saturated carbocycles. The molecule has 0 N–H and O–H groups in total. The van der Waals surface area contributed by atoms with Crippen molar-refractivity contribution in [3.05, 3.63) is 11.6 Å². The predicted octanol–water partition coefficient (Wildman–Crippen LogP) is 7.57. The number of hydrogen-bond acceptors (Lipinski definition) is 2. The number of hydrogen-bond donors (Lipinski definition) is 0. The Balaban J connectivity index is 1.47. The largest absolute Gasteiger partial charge is 0.464 e. The fourth-order valence-corrected chi connectivity index (χ4v) is 8.85. The van der Waals surface area contributed by atoms with E-state index >= 15 is 0 Å². The topological polar surface area (TPSA) is 26.3 Å². The van der Waals surface area contributed by atoms with Crippen LogP contribution in [0.15, 0.2) is 11.6 Å². The van der Waals surface area contributed by atoms with Gasteiger partial charge < -0.3 is 4.74 Å². The Labute approximate surface area is 185 Å². The average Bonchev–Trinajstić information content (AvgIpc) is 3.05. The summed E-state index contributed by atoms with van der Waals surface area (Å²) in [5, 5.41) is 0. The van der Waals surface area contributed by atoms with Crippen molar-refractivity contribution in [1.82, 2.24) is 0 Å². The summed E-state index contributed by atoms with van der Waals surface area (Å²) >= 11 is 0. The van der Waals surface area contributed by atoms with Gasteiger partial charge in [0, 0.05) is 6.42 Å². The van der Waals surface area contributed by atoms with Crippen LogP contribution in [0.3, 0.4) is 0 Å². The lowest BCUT2D eigenvalue weighted by Gasteiger charge is -2.58. The summed E-state index contributed by atoms with van der Waals surface area (Å²) in [5.41, 5.74) is 2.54. The molecular formula is C28H46O2. The molecule has 0 heterocycles. The summed E-state index contributed by atoms with van der Waals surface area (Å²) in [6.45, 7) is 13.2. The fourth-order valence-electron chi connectivity index (χ4n) is 8.85. The van der Waals surface area contributed by atoms with Gasteiger partial charge in [0.05, 0.1) is 0 Å². The van der Waals surface area contributed by atoms with Crippen molar-refractivity contribution in [2.24, 2.45) is 46.3 Å². The molecule has 4 aliphatic rings. The van der Waals surface area contributed by atoms with Gasteiger partial charge in [-0.2, -0.15) is 0 Å². The third-order valence-corrected chi connectivity index (χ3v) is 10.5. The molecule has 0 aromatic carbocycles. The SMILES string of the molecule is CC(C)CCC[C@H](C)C1CCC2C3CC=C4CC(OC=O)CC[C@@]4(C)C3CC[C@]21C. The van der Waals surface area contributed by atoms with Crippen molar-refractivity contribution >= 4 is 6.47 Å². The van der Waals surface area contributed by atoms with Gasteiger partial charge in [0.2, 0.25) is 0 Å². The number of rotatable bonds is 7. The van der Waals surface area contributed by atoms with Crippen LogP contribution < -0.4 is 0 Å². The van der Waals surface area contributed by atoms with Gasteiger partial charge in [0.15, 0.2) is 0 Å². The molecule has 30 heavy (non-hydrogen) atoms. The van der Waals surface area contributed by atoms with Crippen LogP contribution in [0.2, 0.25) is 0 Å². The maximum atomic E-state index is 10.8. The fraction of sp³-hybridized carbons (Fsp3) is 0.893. The van der Waals surface area contributed by atoms with Crippen molar-refractivity contribution < 1.29 is 9.53 Å². The highest BCUT2D eigenvalue weighted by Crippen LogP contribution is 2.67. The van der Waals surface area contributed by atoms with E-state index in [0.29, 0.717) is 17.3 Å². The summed E-state index contributed by atoms with van der Waals surface area (Å²) in [7, 11) is 0. The summed E-state index contributed by atoms with van der Waals surface area (Å²) in [5.74, 6) is 5.32. The molecule has 2 nitrogen and oxygen atoms in total. The molecule has 8 atom stereocenters. The molecule has 3 fully saturated rings. The van der Waals surface area contributed by atoms with Crippen LogP contribution in [0.1, 0.15) is 105 Å². The quantitative estimate of drug-likeness (QED) is 0.317. The lowest BCUT2D eigenvalue weighted by atomic mass is 9.47. The first-order valence-electron chi connectivity index (χ1n) is 13.1. The zero-order valence-corrected chi connectivity index (χ0v) is 20.3. The number of carbonyl (C=O) groups is 1. The summed E-state index contributed by atoms with van der Waals surface area (Å²) in [6.07, 6.45) is 17.2. The van der Waals surface area contributed by atoms with Crippen LogP contribution in [-0.2, 0) is 9.53 Å². The van der Waals surface area contributed by atoms with Crippen LogP contribution in [0.25, 0.3) is 0 Å². The first-order valence-corrected chi connectivity index (χ1v) is 13.1. The van der Waals surface area contributed by atoms with Crippen molar-refractivity contribution in [3.63, 3.8) is 0 Å². The molecule has 4 rings (SSSR count). The van der Waals surface area contributed by atoms with Crippen molar-refractivity contribution in [3.8, 4) is 0 Å². The molecule has 0 bridgehead atoms. The molecule has 5 unspecified atom stereocenters. The summed E-state index contributed by atoms with van der Waals surface area (Å²) < 4.78 is 5.36. The van der Waals surface area contributed by atoms with Crippen molar-refractivity contribution in [2.45, 2.75) is 111 Å². The van der Waals surface area contributed by atoms with E-state index in [-0.39, 0.29) is 6.10 Å². The van der Waals surface area contributed by atoms with Crippen LogP contribution in [0.4, 0.5) is 0 Å². The van der Waals surface area contributed by atoms with E-state index in [0.717, 1.165) is 48.3 Å². The van der Waals surface area contributed by atoms with E-state index in [1.807, 2.05) is 0 Å². The van der Waals surface area contributed by atoms with Gasteiger partial charge in [-0.1, -0.05) is 65.5 Å². The van der Waals surface area contributed by atoms with Gasteiger partial charge in [0.1, 0.15) is 6.10 Å². The Bertz CT molecular complexity index is 651. The van der Waals surface area contributed by atoms with Crippen molar-refractivity contribution in [2.75, 3.05) is 0 Å². The lowest BCUT2D eigenvalue weighted by Crippen LogP contribution is -2.51. The maximum absolute atomic E-state index is 10.8. The van der Waals surface area contributed by atoms with E-state index in [1.54, 1.807) is 5.57 Å². The minimum Gasteiger partial charge on any atom is -0.464 e. The zero-order valence-electron chi connectivity index (χ0n) is 20.3. The molecule has 4 aliphatic carbocycles.